The number of rotatable bonds is 8. The zero-order valence-corrected chi connectivity index (χ0v) is 24.2. The second kappa shape index (κ2) is 12.8. The van der Waals surface area contributed by atoms with Crippen molar-refractivity contribution in [2.45, 2.75) is 102 Å². The van der Waals surface area contributed by atoms with E-state index in [1.165, 1.54) is 19.3 Å². The number of piperidine rings is 1. The van der Waals surface area contributed by atoms with Crippen molar-refractivity contribution < 1.29 is 28.9 Å². The summed E-state index contributed by atoms with van der Waals surface area (Å²) in [5.41, 5.74) is 0.674. The highest BCUT2D eigenvalue weighted by atomic mass is 16.7. The Labute approximate surface area is 238 Å². The number of fused-ring (bicyclic) bond motifs is 2. The van der Waals surface area contributed by atoms with Crippen LogP contribution in [0.5, 0.6) is 0 Å². The number of amides is 2. The minimum absolute atomic E-state index is 0.0188. The zero-order valence-electron chi connectivity index (χ0n) is 24.2. The number of aliphatic hydroxyl groups excluding tert-OH is 1. The van der Waals surface area contributed by atoms with Crippen molar-refractivity contribution in [1.29, 1.82) is 0 Å². The summed E-state index contributed by atoms with van der Waals surface area (Å²) in [7, 11) is 0. The van der Waals surface area contributed by atoms with Crippen LogP contribution in [0.2, 0.25) is 0 Å². The van der Waals surface area contributed by atoms with Crippen molar-refractivity contribution in [3.63, 3.8) is 0 Å². The summed E-state index contributed by atoms with van der Waals surface area (Å²) in [6.07, 6.45) is 4.72. The van der Waals surface area contributed by atoms with E-state index >= 15 is 0 Å². The van der Waals surface area contributed by atoms with Crippen LogP contribution in [0.3, 0.4) is 0 Å². The Hall–Kier alpha value is -2.20. The first-order chi connectivity index (χ1) is 19.2. The van der Waals surface area contributed by atoms with E-state index in [2.05, 4.69) is 15.5 Å². The predicted octanol–water partition coefficient (Wildman–Crippen LogP) is 3.24. The highest BCUT2D eigenvalue weighted by Crippen LogP contribution is 2.39. The van der Waals surface area contributed by atoms with E-state index in [0.29, 0.717) is 38.0 Å². The average molecular weight is 558 g/mol. The Morgan fingerprint density at radius 2 is 1.85 bits per heavy atom. The fraction of sp³-hybridized carbons (Fsp3) is 0.742. The van der Waals surface area contributed by atoms with Crippen LogP contribution in [0.15, 0.2) is 30.3 Å². The van der Waals surface area contributed by atoms with Crippen LogP contribution in [0, 0.1) is 17.8 Å². The molecule has 8 atom stereocenters. The van der Waals surface area contributed by atoms with Gasteiger partial charge in [-0.15, -0.1) is 0 Å². The lowest BCUT2D eigenvalue weighted by atomic mass is 9.72. The van der Waals surface area contributed by atoms with Gasteiger partial charge < -0.3 is 30.0 Å². The van der Waals surface area contributed by atoms with Crippen molar-refractivity contribution in [1.82, 2.24) is 15.5 Å². The molecule has 0 bridgehead atoms. The van der Waals surface area contributed by atoms with Gasteiger partial charge in [0.25, 0.3) is 0 Å². The predicted molar refractivity (Wildman–Crippen MR) is 150 cm³/mol. The molecule has 0 radical (unpaired) electrons. The standard InChI is InChI=1S/C31H47N3O6/c1-31(2,3)33-28(36)25-16-21-11-7-8-12-22(21)17-34(25)18-26(35)24(15-20-9-5-4-6-10-20)32-30(37)40-27-19-39-29-23(27)13-14-38-29/h4-6,9-10,21-27,29,35H,7-8,11-19H2,1-3H3,(H,32,37)(H,33,36)/t21-,22+,23+,24-,25-,26+,27+,29-/m0/s1. The van der Waals surface area contributed by atoms with Crippen LogP contribution in [-0.2, 0) is 25.4 Å². The Balaban J connectivity index is 1.29. The van der Waals surface area contributed by atoms with E-state index < -0.39 is 18.2 Å². The van der Waals surface area contributed by atoms with E-state index in [4.69, 9.17) is 14.2 Å². The normalized spacial score (nSPS) is 32.0. The summed E-state index contributed by atoms with van der Waals surface area (Å²) >= 11 is 0. The summed E-state index contributed by atoms with van der Waals surface area (Å²) in [5, 5.41) is 17.8. The number of carbonyl (C=O) groups is 2. The Morgan fingerprint density at radius 1 is 1.10 bits per heavy atom. The van der Waals surface area contributed by atoms with Crippen LogP contribution in [0.25, 0.3) is 0 Å². The lowest BCUT2D eigenvalue weighted by Gasteiger charge is -2.47. The van der Waals surface area contributed by atoms with E-state index in [9.17, 15) is 14.7 Å². The Morgan fingerprint density at radius 3 is 2.60 bits per heavy atom. The second-order valence-electron chi connectivity index (χ2n) is 13.2. The van der Waals surface area contributed by atoms with Gasteiger partial charge in [0, 0.05) is 18.6 Å². The third-order valence-electron chi connectivity index (χ3n) is 9.03. The molecule has 5 rings (SSSR count). The molecule has 0 unspecified atom stereocenters. The molecule has 0 aromatic heterocycles. The molecule has 40 heavy (non-hydrogen) atoms. The number of nitrogens with zero attached hydrogens (tertiary/aromatic N) is 1. The van der Waals surface area contributed by atoms with Gasteiger partial charge in [0.1, 0.15) is 6.10 Å². The summed E-state index contributed by atoms with van der Waals surface area (Å²) < 4.78 is 17.0. The number of nitrogens with one attached hydrogen (secondary N) is 2. The fourth-order valence-electron chi connectivity index (χ4n) is 7.02. The molecule has 1 aliphatic carbocycles. The average Bonchev–Trinajstić information content (AvgIpc) is 3.53. The van der Waals surface area contributed by atoms with E-state index in [1.54, 1.807) is 0 Å². The molecule has 0 spiro atoms. The first-order valence-electron chi connectivity index (χ1n) is 15.1. The molecule has 3 saturated heterocycles. The van der Waals surface area contributed by atoms with Crippen LogP contribution in [0.1, 0.15) is 64.9 Å². The van der Waals surface area contributed by atoms with Gasteiger partial charge in [-0.25, -0.2) is 4.79 Å². The lowest BCUT2D eigenvalue weighted by Crippen LogP contribution is -2.60. The number of likely N-dealkylation sites (tertiary alicyclic amines) is 1. The molecule has 4 fully saturated rings. The topological polar surface area (TPSA) is 109 Å². The SMILES string of the molecule is CC(C)(C)NC(=O)[C@@H]1C[C@@H]2CCCC[C@@H]2CN1C[C@@H](O)[C@H](Cc1ccccc1)NC(=O)O[C@@H]1CO[C@@H]2OCC[C@@H]21. The molecule has 4 aliphatic rings. The largest absolute Gasteiger partial charge is 0.443 e. The molecule has 3 heterocycles. The maximum Gasteiger partial charge on any atom is 0.407 e. The summed E-state index contributed by atoms with van der Waals surface area (Å²) in [5.74, 6) is 1.14. The smallest absolute Gasteiger partial charge is 0.407 e. The first-order valence-corrected chi connectivity index (χ1v) is 15.1. The van der Waals surface area contributed by atoms with Gasteiger partial charge in [-0.3, -0.25) is 9.69 Å². The van der Waals surface area contributed by atoms with Crippen LogP contribution < -0.4 is 10.6 Å². The quantitative estimate of drug-likeness (QED) is 0.450. The van der Waals surface area contributed by atoms with Gasteiger partial charge in [-0.1, -0.05) is 49.6 Å². The molecule has 9 heteroatoms. The maximum atomic E-state index is 13.5. The lowest BCUT2D eigenvalue weighted by molar-refractivity contribution is -0.132. The van der Waals surface area contributed by atoms with Gasteiger partial charge in [0.2, 0.25) is 5.91 Å². The summed E-state index contributed by atoms with van der Waals surface area (Å²) in [6, 6.07) is 8.96. The van der Waals surface area contributed by atoms with Crippen LogP contribution in [0.4, 0.5) is 4.79 Å². The first kappa shape index (κ1) is 29.3. The molecule has 1 aromatic rings. The van der Waals surface area contributed by atoms with Crippen molar-refractivity contribution in [2.75, 3.05) is 26.3 Å². The van der Waals surface area contributed by atoms with Crippen molar-refractivity contribution in [3.8, 4) is 0 Å². The number of β-amino-alcohol motifs (C(OH)–C–C–N with tert-alkyl or cyclic N) is 1. The van der Waals surface area contributed by atoms with Crippen LogP contribution in [-0.4, -0.2) is 84.4 Å². The Bertz CT molecular complexity index is 1000. The van der Waals surface area contributed by atoms with E-state index in [0.717, 1.165) is 31.4 Å². The molecular weight excluding hydrogens is 510 g/mol. The van der Waals surface area contributed by atoms with Gasteiger partial charge in [-0.05, 0) is 63.9 Å². The number of alkyl carbamates (subject to hydrolysis) is 1. The third kappa shape index (κ3) is 7.35. The minimum atomic E-state index is -0.889. The number of hydrogen-bond donors (Lipinski definition) is 3. The third-order valence-corrected chi connectivity index (χ3v) is 9.03. The zero-order chi connectivity index (χ0) is 28.3. The van der Waals surface area contributed by atoms with Gasteiger partial charge in [0.05, 0.1) is 37.3 Å². The number of ether oxygens (including phenoxy) is 3. The molecular formula is C31H47N3O6. The Kier molecular flexibility index (Phi) is 9.35. The molecule has 222 valence electrons. The molecule has 3 N–H and O–H groups in total. The van der Waals surface area contributed by atoms with Crippen molar-refractivity contribution in [3.05, 3.63) is 35.9 Å². The maximum absolute atomic E-state index is 13.5. The van der Waals surface area contributed by atoms with Gasteiger partial charge in [0.15, 0.2) is 6.29 Å². The number of benzene rings is 1. The van der Waals surface area contributed by atoms with Crippen molar-refractivity contribution in [2.24, 2.45) is 17.8 Å². The summed E-state index contributed by atoms with van der Waals surface area (Å²) in [6.45, 7) is 8.00. The monoisotopic (exact) mass is 557 g/mol. The van der Waals surface area contributed by atoms with Gasteiger partial charge in [-0.2, -0.15) is 0 Å². The number of aliphatic hydroxyl groups is 1. The molecule has 3 aliphatic heterocycles. The molecule has 2 amide bonds. The summed E-state index contributed by atoms with van der Waals surface area (Å²) in [4.78, 5) is 28.7. The van der Waals surface area contributed by atoms with Crippen LogP contribution >= 0.6 is 0 Å². The number of carbonyl (C=O) groups excluding carboxylic acids is 2. The van der Waals surface area contributed by atoms with Crippen molar-refractivity contribution >= 4 is 12.0 Å². The highest BCUT2D eigenvalue weighted by Gasteiger charge is 2.45. The number of hydrogen-bond acceptors (Lipinski definition) is 7. The highest BCUT2D eigenvalue weighted by molar-refractivity contribution is 5.82. The fourth-order valence-corrected chi connectivity index (χ4v) is 7.02. The van der Waals surface area contributed by atoms with E-state index in [-0.39, 0.29) is 35.8 Å². The second-order valence-corrected chi connectivity index (χ2v) is 13.2. The molecule has 1 aromatic carbocycles. The molecule has 9 nitrogen and oxygen atoms in total. The van der Waals surface area contributed by atoms with Gasteiger partial charge >= 0.3 is 6.09 Å². The minimum Gasteiger partial charge on any atom is -0.443 e. The van der Waals surface area contributed by atoms with E-state index in [1.807, 2.05) is 51.1 Å². The molecule has 1 saturated carbocycles.